The highest BCUT2D eigenvalue weighted by Crippen LogP contribution is 2.31. The average molecular weight is 390 g/mol. The summed E-state index contributed by atoms with van der Waals surface area (Å²) in [7, 11) is 1.74. The van der Waals surface area contributed by atoms with Crippen molar-refractivity contribution >= 4 is 0 Å². The molecule has 3 aromatic rings. The number of hydrogen-bond acceptors (Lipinski definition) is 6. The third-order valence-electron chi connectivity index (χ3n) is 6.03. The predicted octanol–water partition coefficient (Wildman–Crippen LogP) is 2.35. The number of rotatable bonds is 5. The molecule has 0 bridgehead atoms. The summed E-state index contributed by atoms with van der Waals surface area (Å²) in [4.78, 5) is 0. The summed E-state index contributed by atoms with van der Waals surface area (Å²) >= 11 is 0. The standard InChI is InChI=1S/C22H26N6O/c1-29-20-13-16-9-10-21-25-26-27-28(21)19(16)12-17(20)14-24-18-8-5-11-23-22(18)15-6-3-2-4-7-15/h2-4,6-7,12-13,18,22-24H,5,8-11,14H2,1H3/t18-,22-/m0/s1. The van der Waals surface area contributed by atoms with Crippen molar-refractivity contribution in [2.24, 2.45) is 0 Å². The van der Waals surface area contributed by atoms with E-state index in [9.17, 15) is 0 Å². The Morgan fingerprint density at radius 3 is 2.97 bits per heavy atom. The largest absolute Gasteiger partial charge is 0.496 e. The van der Waals surface area contributed by atoms with Gasteiger partial charge in [0, 0.05) is 30.6 Å². The van der Waals surface area contributed by atoms with Crippen LogP contribution >= 0.6 is 0 Å². The molecule has 2 aromatic carbocycles. The number of nitrogens with zero attached hydrogens (tertiary/aromatic N) is 4. The summed E-state index contributed by atoms with van der Waals surface area (Å²) in [5.41, 5.74) is 4.76. The first-order valence-electron chi connectivity index (χ1n) is 10.3. The fourth-order valence-corrected chi connectivity index (χ4v) is 4.53. The molecule has 5 rings (SSSR count). The van der Waals surface area contributed by atoms with E-state index in [0.29, 0.717) is 12.1 Å². The van der Waals surface area contributed by atoms with Crippen molar-refractivity contribution in [2.75, 3.05) is 13.7 Å². The van der Waals surface area contributed by atoms with Gasteiger partial charge in [0.1, 0.15) is 5.75 Å². The van der Waals surface area contributed by atoms with Gasteiger partial charge < -0.3 is 15.4 Å². The minimum absolute atomic E-state index is 0.319. The number of aryl methyl sites for hydroxylation is 2. The van der Waals surface area contributed by atoms with Gasteiger partial charge in [0.05, 0.1) is 12.8 Å². The molecule has 0 spiro atoms. The van der Waals surface area contributed by atoms with Crippen LogP contribution in [0.2, 0.25) is 0 Å². The van der Waals surface area contributed by atoms with Crippen molar-refractivity contribution in [2.45, 2.75) is 44.3 Å². The molecule has 0 saturated carbocycles. The Balaban J connectivity index is 1.39. The highest BCUT2D eigenvalue weighted by Gasteiger charge is 2.26. The van der Waals surface area contributed by atoms with Crippen molar-refractivity contribution in [1.82, 2.24) is 30.8 Å². The quantitative estimate of drug-likeness (QED) is 0.696. The molecule has 7 heteroatoms. The third kappa shape index (κ3) is 3.52. The zero-order chi connectivity index (χ0) is 19.6. The first kappa shape index (κ1) is 18.3. The smallest absolute Gasteiger partial charge is 0.157 e. The Morgan fingerprint density at radius 2 is 2.10 bits per heavy atom. The summed E-state index contributed by atoms with van der Waals surface area (Å²) in [5.74, 6) is 1.84. The van der Waals surface area contributed by atoms with E-state index in [0.717, 1.165) is 55.2 Å². The van der Waals surface area contributed by atoms with Gasteiger partial charge in [-0.2, -0.15) is 4.68 Å². The summed E-state index contributed by atoms with van der Waals surface area (Å²) in [6.07, 6.45) is 4.11. The van der Waals surface area contributed by atoms with Gasteiger partial charge in [0.2, 0.25) is 0 Å². The number of hydrogen-bond donors (Lipinski definition) is 2. The molecule has 3 heterocycles. The Bertz CT molecular complexity index is 986. The van der Waals surface area contributed by atoms with Crippen molar-refractivity contribution in [3.8, 4) is 11.4 Å². The minimum atomic E-state index is 0.319. The second kappa shape index (κ2) is 7.93. The molecule has 2 aliphatic heterocycles. The van der Waals surface area contributed by atoms with E-state index < -0.39 is 0 Å². The number of nitrogens with one attached hydrogen (secondary N) is 2. The molecule has 1 saturated heterocycles. The van der Waals surface area contributed by atoms with Crippen molar-refractivity contribution in [3.63, 3.8) is 0 Å². The zero-order valence-corrected chi connectivity index (χ0v) is 16.6. The lowest BCUT2D eigenvalue weighted by Gasteiger charge is -2.34. The summed E-state index contributed by atoms with van der Waals surface area (Å²) in [5, 5.41) is 19.6. The number of tetrazole rings is 1. The molecule has 0 radical (unpaired) electrons. The molecule has 0 unspecified atom stereocenters. The fraction of sp³-hybridized carbons (Fsp3) is 0.409. The van der Waals surface area contributed by atoms with Crippen LogP contribution in [0, 0.1) is 0 Å². The van der Waals surface area contributed by atoms with Gasteiger partial charge >= 0.3 is 0 Å². The molecule has 0 aliphatic carbocycles. The highest BCUT2D eigenvalue weighted by molar-refractivity contribution is 5.52. The lowest BCUT2D eigenvalue weighted by Crippen LogP contribution is -2.45. The average Bonchev–Trinajstić information content (AvgIpc) is 3.27. The van der Waals surface area contributed by atoms with Gasteiger partial charge in [0.25, 0.3) is 0 Å². The zero-order valence-electron chi connectivity index (χ0n) is 16.6. The number of aromatic nitrogens is 4. The normalized spacial score (nSPS) is 20.7. The Kier molecular flexibility index (Phi) is 4.99. The Hall–Kier alpha value is -2.77. The molecule has 7 nitrogen and oxygen atoms in total. The molecule has 29 heavy (non-hydrogen) atoms. The monoisotopic (exact) mass is 390 g/mol. The minimum Gasteiger partial charge on any atom is -0.496 e. The molecule has 1 aromatic heterocycles. The molecule has 1 fully saturated rings. The van der Waals surface area contributed by atoms with Crippen molar-refractivity contribution in [3.05, 3.63) is 65.0 Å². The first-order chi connectivity index (χ1) is 14.3. The second-order valence-corrected chi connectivity index (χ2v) is 7.77. The number of benzene rings is 2. The fourth-order valence-electron chi connectivity index (χ4n) is 4.53. The maximum Gasteiger partial charge on any atom is 0.157 e. The van der Waals surface area contributed by atoms with E-state index in [-0.39, 0.29) is 0 Å². The van der Waals surface area contributed by atoms with Gasteiger partial charge in [-0.25, -0.2) is 0 Å². The predicted molar refractivity (Wildman–Crippen MR) is 110 cm³/mol. The van der Waals surface area contributed by atoms with Crippen LogP contribution in [0.3, 0.4) is 0 Å². The topological polar surface area (TPSA) is 76.9 Å². The van der Waals surface area contributed by atoms with Crippen molar-refractivity contribution in [1.29, 1.82) is 0 Å². The second-order valence-electron chi connectivity index (χ2n) is 7.77. The van der Waals surface area contributed by atoms with Crippen LogP contribution < -0.4 is 15.4 Å². The van der Waals surface area contributed by atoms with Gasteiger partial charge in [-0.05, 0) is 59.5 Å². The molecule has 150 valence electrons. The number of piperidine rings is 1. The summed E-state index contributed by atoms with van der Waals surface area (Å²) in [6, 6.07) is 15.7. The molecular formula is C22H26N6O. The van der Waals surface area contributed by atoms with Gasteiger partial charge in [0.15, 0.2) is 5.82 Å². The maximum absolute atomic E-state index is 5.72. The van der Waals surface area contributed by atoms with Gasteiger partial charge in [-0.15, -0.1) is 5.10 Å². The van der Waals surface area contributed by atoms with E-state index in [1.807, 2.05) is 4.68 Å². The number of fused-ring (bicyclic) bond motifs is 3. The summed E-state index contributed by atoms with van der Waals surface area (Å²) in [6.45, 7) is 1.80. The van der Waals surface area contributed by atoms with Crippen LogP contribution in [0.4, 0.5) is 0 Å². The molecule has 2 aliphatic rings. The van der Waals surface area contributed by atoms with Crippen LogP contribution in [0.5, 0.6) is 5.75 Å². The van der Waals surface area contributed by atoms with Crippen LogP contribution in [0.15, 0.2) is 42.5 Å². The molecule has 2 N–H and O–H groups in total. The number of ether oxygens (including phenoxy) is 1. The van der Waals surface area contributed by atoms with Gasteiger partial charge in [-0.3, -0.25) is 0 Å². The third-order valence-corrected chi connectivity index (χ3v) is 6.03. The lowest BCUT2D eigenvalue weighted by molar-refractivity contribution is 0.303. The van der Waals surface area contributed by atoms with Crippen LogP contribution in [-0.2, 0) is 19.4 Å². The van der Waals surface area contributed by atoms with E-state index in [1.54, 1.807) is 7.11 Å². The SMILES string of the molecule is COc1cc2c(cc1CN[C@H]1CCCN[C@H]1c1ccccc1)-n1nnnc1CC2. The van der Waals surface area contributed by atoms with E-state index >= 15 is 0 Å². The Labute approximate surface area is 170 Å². The van der Waals surface area contributed by atoms with Crippen molar-refractivity contribution < 1.29 is 4.74 Å². The molecule has 2 atom stereocenters. The molecule has 0 amide bonds. The van der Waals surface area contributed by atoms with E-state index in [1.165, 1.54) is 17.5 Å². The summed E-state index contributed by atoms with van der Waals surface area (Å²) < 4.78 is 7.57. The van der Waals surface area contributed by atoms with Crippen LogP contribution in [-0.4, -0.2) is 39.9 Å². The molecular weight excluding hydrogens is 364 g/mol. The van der Waals surface area contributed by atoms with Crippen LogP contribution in [0.1, 0.15) is 41.4 Å². The lowest BCUT2D eigenvalue weighted by atomic mass is 9.92. The Morgan fingerprint density at radius 1 is 1.21 bits per heavy atom. The van der Waals surface area contributed by atoms with Gasteiger partial charge in [-0.1, -0.05) is 30.3 Å². The first-order valence-corrected chi connectivity index (χ1v) is 10.3. The van der Waals surface area contributed by atoms with E-state index in [2.05, 4.69) is 68.6 Å². The number of methoxy groups -OCH3 is 1. The highest BCUT2D eigenvalue weighted by atomic mass is 16.5. The van der Waals surface area contributed by atoms with Crippen LogP contribution in [0.25, 0.3) is 5.69 Å². The van der Waals surface area contributed by atoms with E-state index in [4.69, 9.17) is 4.74 Å². The maximum atomic E-state index is 5.72.